The van der Waals surface area contributed by atoms with Gasteiger partial charge in [0.05, 0.1) is 28.9 Å². The Bertz CT molecular complexity index is 1150. The molecule has 0 bridgehead atoms. The number of hydrogen-bond donors (Lipinski definition) is 1. The number of pyridine rings is 1. The van der Waals surface area contributed by atoms with Crippen molar-refractivity contribution in [1.82, 2.24) is 25.3 Å². The lowest BCUT2D eigenvalue weighted by Crippen LogP contribution is -2.40. The number of aromatic nitrogens is 2. The zero-order valence-corrected chi connectivity index (χ0v) is 19.0. The first-order valence-electron chi connectivity index (χ1n) is 11.0. The van der Waals surface area contributed by atoms with E-state index in [2.05, 4.69) is 20.4 Å². The van der Waals surface area contributed by atoms with Crippen molar-refractivity contribution >= 4 is 22.9 Å². The van der Waals surface area contributed by atoms with Crippen molar-refractivity contribution in [3.63, 3.8) is 0 Å². The quantitative estimate of drug-likeness (QED) is 0.652. The maximum absolute atomic E-state index is 13.6. The molecule has 0 aliphatic carbocycles. The lowest BCUT2D eigenvalue weighted by molar-refractivity contribution is -0.122. The molecule has 0 unspecified atom stereocenters. The molecule has 32 heavy (non-hydrogen) atoms. The third kappa shape index (κ3) is 4.38. The minimum atomic E-state index is -0.0809. The molecule has 9 heteroatoms. The summed E-state index contributed by atoms with van der Waals surface area (Å²) in [7, 11) is 0. The summed E-state index contributed by atoms with van der Waals surface area (Å²) < 4.78 is 11.1. The van der Waals surface area contributed by atoms with E-state index in [9.17, 15) is 9.59 Å². The molecule has 0 spiro atoms. The van der Waals surface area contributed by atoms with Gasteiger partial charge in [0.15, 0.2) is 0 Å². The first-order chi connectivity index (χ1) is 15.4. The first-order valence-corrected chi connectivity index (χ1v) is 11.0. The van der Waals surface area contributed by atoms with Crippen molar-refractivity contribution in [3.05, 3.63) is 34.9 Å². The van der Waals surface area contributed by atoms with E-state index in [-0.39, 0.29) is 11.8 Å². The molecule has 170 valence electrons. The van der Waals surface area contributed by atoms with Gasteiger partial charge >= 0.3 is 0 Å². The third-order valence-electron chi connectivity index (χ3n) is 5.78. The minimum absolute atomic E-state index is 0.0126. The SMILES string of the molecule is CCNC(=O)CN1CCCN(C(=O)c2cc(-c3cc(C)oc3C)nc3onc(C)c23)CC1. The van der Waals surface area contributed by atoms with Crippen molar-refractivity contribution in [3.8, 4) is 11.3 Å². The van der Waals surface area contributed by atoms with Gasteiger partial charge in [-0.2, -0.15) is 0 Å². The number of aryl methyl sites for hydroxylation is 3. The Balaban J connectivity index is 1.62. The standard InChI is InChI=1S/C23H29N5O4/c1-5-24-20(29)13-27-7-6-8-28(10-9-27)23(30)18-12-19(17-11-14(2)31-16(17)4)25-22-21(18)15(3)26-32-22/h11-12H,5-10,13H2,1-4H3,(H,24,29). The largest absolute Gasteiger partial charge is 0.466 e. The Morgan fingerprint density at radius 3 is 2.66 bits per heavy atom. The summed E-state index contributed by atoms with van der Waals surface area (Å²) in [6.07, 6.45) is 0.800. The molecule has 0 radical (unpaired) electrons. The average molecular weight is 440 g/mol. The van der Waals surface area contributed by atoms with Crippen LogP contribution in [0.3, 0.4) is 0 Å². The van der Waals surface area contributed by atoms with E-state index in [1.807, 2.05) is 44.7 Å². The number of carbonyl (C=O) groups excluding carboxylic acids is 2. The number of nitrogens with one attached hydrogen (secondary N) is 1. The second-order valence-corrected chi connectivity index (χ2v) is 8.21. The summed E-state index contributed by atoms with van der Waals surface area (Å²) in [6.45, 7) is 11.0. The Hall–Kier alpha value is -3.20. The molecule has 4 heterocycles. The van der Waals surface area contributed by atoms with E-state index >= 15 is 0 Å². The van der Waals surface area contributed by atoms with Gasteiger partial charge in [0, 0.05) is 38.3 Å². The average Bonchev–Trinajstić information content (AvgIpc) is 3.20. The van der Waals surface area contributed by atoms with Gasteiger partial charge in [0.1, 0.15) is 11.5 Å². The monoisotopic (exact) mass is 439 g/mol. The number of fused-ring (bicyclic) bond motifs is 1. The van der Waals surface area contributed by atoms with Crippen molar-refractivity contribution in [2.45, 2.75) is 34.1 Å². The maximum Gasteiger partial charge on any atom is 0.259 e. The van der Waals surface area contributed by atoms with Crippen LogP contribution in [0.15, 0.2) is 21.1 Å². The van der Waals surface area contributed by atoms with Crippen LogP contribution < -0.4 is 5.32 Å². The van der Waals surface area contributed by atoms with E-state index in [4.69, 9.17) is 8.94 Å². The third-order valence-corrected chi connectivity index (χ3v) is 5.78. The van der Waals surface area contributed by atoms with Gasteiger partial charge < -0.3 is 19.2 Å². The summed E-state index contributed by atoms with van der Waals surface area (Å²) in [5.74, 6) is 1.45. The molecule has 1 fully saturated rings. The normalized spacial score (nSPS) is 15.2. The molecular weight excluding hydrogens is 410 g/mol. The second kappa shape index (κ2) is 9.12. The Morgan fingerprint density at radius 2 is 1.94 bits per heavy atom. The molecule has 4 rings (SSSR count). The summed E-state index contributed by atoms with van der Waals surface area (Å²) >= 11 is 0. The highest BCUT2D eigenvalue weighted by molar-refractivity contribution is 6.07. The number of carbonyl (C=O) groups is 2. The molecule has 1 aliphatic rings. The Kier molecular flexibility index (Phi) is 6.27. The van der Waals surface area contributed by atoms with E-state index in [1.54, 1.807) is 0 Å². The smallest absolute Gasteiger partial charge is 0.259 e. The summed E-state index contributed by atoms with van der Waals surface area (Å²) in [4.78, 5) is 34.1. The molecule has 0 atom stereocenters. The molecule has 1 saturated heterocycles. The van der Waals surface area contributed by atoms with Crippen LogP contribution in [0.2, 0.25) is 0 Å². The van der Waals surface area contributed by atoms with Gasteiger partial charge in [-0.1, -0.05) is 5.16 Å². The molecular formula is C23H29N5O4. The Morgan fingerprint density at radius 1 is 1.12 bits per heavy atom. The number of likely N-dealkylation sites (N-methyl/N-ethyl adjacent to an activating group) is 1. The minimum Gasteiger partial charge on any atom is -0.466 e. The number of hydrogen-bond acceptors (Lipinski definition) is 7. The van der Waals surface area contributed by atoms with Crippen molar-refractivity contribution in [2.24, 2.45) is 0 Å². The van der Waals surface area contributed by atoms with Crippen LogP contribution >= 0.6 is 0 Å². The van der Waals surface area contributed by atoms with Crippen LogP contribution in [0.25, 0.3) is 22.4 Å². The molecule has 9 nitrogen and oxygen atoms in total. The highest BCUT2D eigenvalue weighted by Crippen LogP contribution is 2.31. The first kappa shape index (κ1) is 22.0. The van der Waals surface area contributed by atoms with Gasteiger partial charge in [0.25, 0.3) is 11.6 Å². The summed E-state index contributed by atoms with van der Waals surface area (Å²) in [6, 6.07) is 3.72. The molecule has 3 aromatic heterocycles. The zero-order chi connectivity index (χ0) is 22.8. The fraction of sp³-hybridized carbons (Fsp3) is 0.478. The van der Waals surface area contributed by atoms with E-state index < -0.39 is 0 Å². The van der Waals surface area contributed by atoms with Crippen LogP contribution in [-0.4, -0.2) is 71.0 Å². The zero-order valence-electron chi connectivity index (χ0n) is 19.0. The van der Waals surface area contributed by atoms with Crippen LogP contribution in [0.5, 0.6) is 0 Å². The fourth-order valence-corrected chi connectivity index (χ4v) is 4.25. The Labute approximate surface area is 186 Å². The van der Waals surface area contributed by atoms with Crippen LogP contribution in [0, 0.1) is 20.8 Å². The number of amides is 2. The molecule has 2 amide bonds. The topological polar surface area (TPSA) is 105 Å². The molecule has 1 aliphatic heterocycles. The van der Waals surface area contributed by atoms with Crippen LogP contribution in [-0.2, 0) is 4.79 Å². The van der Waals surface area contributed by atoms with Crippen LogP contribution in [0.4, 0.5) is 0 Å². The molecule has 0 saturated carbocycles. The fourth-order valence-electron chi connectivity index (χ4n) is 4.25. The maximum atomic E-state index is 13.6. The lowest BCUT2D eigenvalue weighted by atomic mass is 10.0. The lowest BCUT2D eigenvalue weighted by Gasteiger charge is -2.22. The van der Waals surface area contributed by atoms with Crippen molar-refractivity contribution < 1.29 is 18.5 Å². The number of rotatable bonds is 5. The second-order valence-electron chi connectivity index (χ2n) is 8.21. The highest BCUT2D eigenvalue weighted by Gasteiger charge is 2.26. The predicted molar refractivity (Wildman–Crippen MR) is 119 cm³/mol. The van der Waals surface area contributed by atoms with E-state index in [0.29, 0.717) is 60.8 Å². The van der Waals surface area contributed by atoms with Crippen molar-refractivity contribution in [1.29, 1.82) is 0 Å². The van der Waals surface area contributed by atoms with Gasteiger partial charge in [0.2, 0.25) is 5.91 Å². The summed E-state index contributed by atoms with van der Waals surface area (Å²) in [5.41, 5.74) is 2.96. The molecule has 1 N–H and O–H groups in total. The van der Waals surface area contributed by atoms with Gasteiger partial charge in [-0.3, -0.25) is 14.5 Å². The molecule has 3 aromatic rings. The molecule has 0 aromatic carbocycles. The van der Waals surface area contributed by atoms with E-state index in [0.717, 1.165) is 30.0 Å². The highest BCUT2D eigenvalue weighted by atomic mass is 16.5. The predicted octanol–water partition coefficient (Wildman–Crippen LogP) is 2.69. The van der Waals surface area contributed by atoms with Gasteiger partial charge in [-0.15, -0.1) is 0 Å². The number of furan rings is 1. The van der Waals surface area contributed by atoms with Gasteiger partial charge in [-0.05, 0) is 46.2 Å². The number of nitrogens with zero attached hydrogens (tertiary/aromatic N) is 4. The van der Waals surface area contributed by atoms with E-state index in [1.165, 1.54) is 0 Å². The summed E-state index contributed by atoms with van der Waals surface area (Å²) in [5, 5.41) is 7.51. The van der Waals surface area contributed by atoms with Gasteiger partial charge in [-0.25, -0.2) is 4.98 Å². The van der Waals surface area contributed by atoms with Crippen LogP contribution in [0.1, 0.15) is 40.9 Å². The van der Waals surface area contributed by atoms with Crippen molar-refractivity contribution in [2.75, 3.05) is 39.3 Å².